The van der Waals surface area contributed by atoms with Crippen LogP contribution in [0.25, 0.3) is 0 Å². The van der Waals surface area contributed by atoms with E-state index >= 15 is 0 Å². The molecule has 0 bridgehead atoms. The van der Waals surface area contributed by atoms with Crippen LogP contribution >= 0.6 is 24.0 Å². The molecule has 5 atom stereocenters. The molecule has 190 valence electrons. The standard InChI is InChI=1S/C25H34N4O4S2/c1-5-16(10-19-29(26)6-7-30-19)13(2)8-17-11-31-24-20(17)27-22(33-24)14(3)9-18-12-32-25-21(18)28-23(35-25)15(4)34/h5,10,13-15,17-18,34H,6-9,11-12,26H2,1-4H3/b16-5+,19-10+. The van der Waals surface area contributed by atoms with Crippen LogP contribution in [0.5, 0.6) is 11.0 Å². The van der Waals surface area contributed by atoms with Crippen molar-refractivity contribution in [1.29, 1.82) is 0 Å². The Morgan fingerprint density at radius 3 is 2.63 bits per heavy atom. The van der Waals surface area contributed by atoms with Gasteiger partial charge in [0.1, 0.15) is 29.6 Å². The Bertz CT molecular complexity index is 1120. The minimum Gasteiger partial charge on any atom is -0.482 e. The maximum absolute atomic E-state index is 6.08. The summed E-state index contributed by atoms with van der Waals surface area (Å²) >= 11 is 6.12. The van der Waals surface area contributed by atoms with Crippen LogP contribution in [0.15, 0.2) is 28.0 Å². The van der Waals surface area contributed by atoms with Gasteiger partial charge in [0.25, 0.3) is 0 Å². The first-order valence-electron chi connectivity index (χ1n) is 12.3. The zero-order valence-electron chi connectivity index (χ0n) is 20.7. The molecule has 0 saturated carbocycles. The lowest BCUT2D eigenvalue weighted by molar-refractivity contribution is 0.233. The topological polar surface area (TPSA) is 95.9 Å². The van der Waals surface area contributed by atoms with Crippen molar-refractivity contribution in [2.24, 2.45) is 11.8 Å². The van der Waals surface area contributed by atoms with E-state index in [4.69, 9.17) is 34.4 Å². The van der Waals surface area contributed by atoms with E-state index in [0.29, 0.717) is 38.2 Å². The summed E-state index contributed by atoms with van der Waals surface area (Å²) in [6, 6.07) is 0. The summed E-state index contributed by atoms with van der Waals surface area (Å²) in [5.74, 6) is 8.87. The third kappa shape index (κ3) is 4.93. The second kappa shape index (κ2) is 10.1. The molecule has 35 heavy (non-hydrogen) atoms. The van der Waals surface area contributed by atoms with Crippen molar-refractivity contribution in [2.45, 2.75) is 63.5 Å². The first-order chi connectivity index (χ1) is 16.8. The van der Waals surface area contributed by atoms with Crippen LogP contribution in [0.4, 0.5) is 0 Å². The highest BCUT2D eigenvalue weighted by Crippen LogP contribution is 2.46. The molecule has 0 amide bonds. The Kier molecular flexibility index (Phi) is 7.05. The fourth-order valence-corrected chi connectivity index (χ4v) is 6.12. The van der Waals surface area contributed by atoms with Crippen molar-refractivity contribution in [1.82, 2.24) is 15.0 Å². The van der Waals surface area contributed by atoms with Gasteiger partial charge in [-0.2, -0.15) is 12.6 Å². The van der Waals surface area contributed by atoms with Gasteiger partial charge in [0.15, 0.2) is 5.06 Å². The van der Waals surface area contributed by atoms with Gasteiger partial charge in [0.2, 0.25) is 11.8 Å². The number of oxazole rings is 1. The first-order valence-corrected chi connectivity index (χ1v) is 13.6. The van der Waals surface area contributed by atoms with Crippen molar-refractivity contribution < 1.29 is 18.6 Å². The van der Waals surface area contributed by atoms with E-state index < -0.39 is 0 Å². The maximum atomic E-state index is 6.08. The molecule has 0 radical (unpaired) electrons. The molecular formula is C25H34N4O4S2. The molecule has 0 spiro atoms. The van der Waals surface area contributed by atoms with Crippen LogP contribution in [0.3, 0.4) is 0 Å². The summed E-state index contributed by atoms with van der Waals surface area (Å²) in [5, 5.41) is 3.70. The van der Waals surface area contributed by atoms with Crippen LogP contribution in [0, 0.1) is 5.92 Å². The van der Waals surface area contributed by atoms with E-state index in [2.05, 4.69) is 32.6 Å². The van der Waals surface area contributed by atoms with Gasteiger partial charge in [-0.15, -0.1) is 0 Å². The van der Waals surface area contributed by atoms with Gasteiger partial charge in [-0.25, -0.2) is 15.8 Å². The third-order valence-electron chi connectivity index (χ3n) is 6.99. The van der Waals surface area contributed by atoms with E-state index in [-0.39, 0.29) is 23.0 Å². The fourth-order valence-electron chi connectivity index (χ4n) is 4.96. The lowest BCUT2D eigenvalue weighted by atomic mass is 9.89. The number of fused-ring (bicyclic) bond motifs is 2. The SMILES string of the molecule is C/C=C(\C=C1\OCCN1N)C(C)CC1COc2oc(C(C)CC3COc4sc(C(C)S)nc43)nc21. The molecule has 8 nitrogen and oxygen atoms in total. The highest BCUT2D eigenvalue weighted by Gasteiger charge is 2.36. The molecule has 1 saturated heterocycles. The van der Waals surface area contributed by atoms with Gasteiger partial charge in [0.05, 0.1) is 18.4 Å². The van der Waals surface area contributed by atoms with Crippen LogP contribution in [-0.2, 0) is 4.74 Å². The Morgan fingerprint density at radius 2 is 1.91 bits per heavy atom. The molecule has 5 unspecified atom stereocenters. The number of ether oxygens (including phenoxy) is 3. The minimum absolute atomic E-state index is 0.109. The zero-order chi connectivity index (χ0) is 24.7. The highest BCUT2D eigenvalue weighted by atomic mass is 32.1. The smallest absolute Gasteiger partial charge is 0.309 e. The summed E-state index contributed by atoms with van der Waals surface area (Å²) in [6.07, 6.45) is 5.94. The summed E-state index contributed by atoms with van der Waals surface area (Å²) in [6.45, 7) is 11.0. The Labute approximate surface area is 215 Å². The van der Waals surface area contributed by atoms with Crippen LogP contribution < -0.4 is 15.3 Å². The number of aromatic nitrogens is 2. The number of allylic oxidation sites excluding steroid dienone is 3. The monoisotopic (exact) mass is 518 g/mol. The summed E-state index contributed by atoms with van der Waals surface area (Å²) in [4.78, 5) is 9.70. The van der Waals surface area contributed by atoms with Gasteiger partial charge in [-0.3, -0.25) is 5.01 Å². The number of thiazole rings is 1. The summed E-state index contributed by atoms with van der Waals surface area (Å²) in [7, 11) is 0. The molecule has 5 heterocycles. The summed E-state index contributed by atoms with van der Waals surface area (Å²) in [5.41, 5.74) is 3.18. The van der Waals surface area contributed by atoms with Crippen molar-refractivity contribution in [2.75, 3.05) is 26.4 Å². The Morgan fingerprint density at radius 1 is 1.14 bits per heavy atom. The van der Waals surface area contributed by atoms with Gasteiger partial charge < -0.3 is 18.6 Å². The van der Waals surface area contributed by atoms with Crippen LogP contribution in [0.1, 0.15) is 85.8 Å². The number of thiol groups is 1. The van der Waals surface area contributed by atoms with E-state index in [1.165, 1.54) is 5.57 Å². The van der Waals surface area contributed by atoms with Gasteiger partial charge in [0, 0.05) is 23.8 Å². The van der Waals surface area contributed by atoms with Crippen LogP contribution in [0.2, 0.25) is 0 Å². The van der Waals surface area contributed by atoms with E-state index in [1.807, 2.05) is 19.9 Å². The number of hydrogen-bond acceptors (Lipinski definition) is 10. The molecule has 2 aromatic rings. The Balaban J connectivity index is 1.24. The second-order valence-electron chi connectivity index (χ2n) is 9.73. The molecule has 1 fully saturated rings. The minimum atomic E-state index is 0.109. The average Bonchev–Trinajstić information content (AvgIpc) is 3.62. The molecule has 5 rings (SSSR count). The second-order valence-corrected chi connectivity index (χ2v) is 11.5. The molecule has 3 aliphatic heterocycles. The first kappa shape index (κ1) is 24.5. The van der Waals surface area contributed by atoms with Crippen molar-refractivity contribution in [3.63, 3.8) is 0 Å². The predicted octanol–water partition coefficient (Wildman–Crippen LogP) is 5.29. The molecule has 2 N–H and O–H groups in total. The largest absolute Gasteiger partial charge is 0.482 e. The normalized spacial score (nSPS) is 25.1. The lowest BCUT2D eigenvalue weighted by Crippen LogP contribution is -2.26. The van der Waals surface area contributed by atoms with Gasteiger partial charge in [-0.1, -0.05) is 31.3 Å². The fraction of sp³-hybridized carbons (Fsp3) is 0.600. The number of hydrazine groups is 1. The van der Waals surface area contributed by atoms with Gasteiger partial charge in [-0.05, 0) is 38.2 Å². The van der Waals surface area contributed by atoms with Crippen LogP contribution in [-0.4, -0.2) is 41.3 Å². The molecule has 10 heteroatoms. The van der Waals surface area contributed by atoms with E-state index in [9.17, 15) is 0 Å². The lowest BCUT2D eigenvalue weighted by Gasteiger charge is -2.18. The zero-order valence-corrected chi connectivity index (χ0v) is 22.4. The van der Waals surface area contributed by atoms with Crippen molar-refractivity contribution >= 4 is 24.0 Å². The summed E-state index contributed by atoms with van der Waals surface area (Å²) < 4.78 is 23.5. The number of rotatable bonds is 8. The molecule has 2 aromatic heterocycles. The predicted molar refractivity (Wildman–Crippen MR) is 138 cm³/mol. The Hall–Kier alpha value is -2.17. The molecule has 0 aliphatic carbocycles. The molecule has 3 aliphatic rings. The third-order valence-corrected chi connectivity index (χ3v) is 8.58. The molecular weight excluding hydrogens is 484 g/mol. The average molecular weight is 519 g/mol. The van der Waals surface area contributed by atoms with E-state index in [1.54, 1.807) is 16.3 Å². The van der Waals surface area contributed by atoms with E-state index in [0.717, 1.165) is 46.1 Å². The highest BCUT2D eigenvalue weighted by molar-refractivity contribution is 7.80. The molecule has 0 aromatic carbocycles. The maximum Gasteiger partial charge on any atom is 0.309 e. The number of nitrogens with two attached hydrogens (primary N) is 1. The van der Waals surface area contributed by atoms with Crippen molar-refractivity contribution in [3.05, 3.63) is 45.9 Å². The number of nitrogens with zero attached hydrogens (tertiary/aromatic N) is 3. The number of hydrogen-bond donors (Lipinski definition) is 2. The van der Waals surface area contributed by atoms with Crippen molar-refractivity contribution in [3.8, 4) is 11.0 Å². The quantitative estimate of drug-likeness (QED) is 0.360. The van der Waals surface area contributed by atoms with Gasteiger partial charge >= 0.3 is 5.95 Å².